The van der Waals surface area contributed by atoms with E-state index in [2.05, 4.69) is 26.1 Å². The van der Waals surface area contributed by atoms with Gasteiger partial charge in [-0.25, -0.2) is 0 Å². The minimum absolute atomic E-state index is 0.632. The summed E-state index contributed by atoms with van der Waals surface area (Å²) >= 11 is 0. The van der Waals surface area contributed by atoms with Crippen LogP contribution in [0.5, 0.6) is 0 Å². The Hall–Kier alpha value is -0.0800. The molecule has 0 amide bonds. The van der Waals surface area contributed by atoms with Crippen LogP contribution in [-0.4, -0.2) is 25.3 Å². The fourth-order valence-electron chi connectivity index (χ4n) is 3.62. The van der Waals surface area contributed by atoms with Crippen LogP contribution in [0.3, 0.4) is 0 Å². The van der Waals surface area contributed by atoms with E-state index in [0.29, 0.717) is 6.04 Å². The number of hydrogen-bond donors (Lipinski definition) is 1. The second kappa shape index (κ2) is 6.91. The predicted octanol–water partition coefficient (Wildman–Crippen LogP) is 3.61. The van der Waals surface area contributed by atoms with E-state index in [1.165, 1.54) is 38.5 Å². The van der Waals surface area contributed by atoms with Gasteiger partial charge in [-0.3, -0.25) is 0 Å². The molecule has 2 rings (SSSR count). The van der Waals surface area contributed by atoms with Crippen molar-refractivity contribution in [3.63, 3.8) is 0 Å². The van der Waals surface area contributed by atoms with Gasteiger partial charge in [0.1, 0.15) is 0 Å². The van der Waals surface area contributed by atoms with E-state index in [1.807, 2.05) is 0 Å². The third kappa shape index (κ3) is 3.96. The number of ether oxygens (including phenoxy) is 1. The summed E-state index contributed by atoms with van der Waals surface area (Å²) in [5.74, 6) is 2.57. The van der Waals surface area contributed by atoms with E-state index in [9.17, 15) is 0 Å². The molecule has 0 bridgehead atoms. The van der Waals surface area contributed by atoms with Gasteiger partial charge in [0.2, 0.25) is 0 Å². The van der Waals surface area contributed by atoms with Crippen molar-refractivity contribution in [2.24, 2.45) is 17.8 Å². The molecule has 1 saturated heterocycles. The second-order valence-corrected chi connectivity index (χ2v) is 6.79. The highest BCUT2D eigenvalue weighted by Gasteiger charge is 2.26. The third-order valence-electron chi connectivity index (χ3n) is 5.13. The van der Waals surface area contributed by atoms with Gasteiger partial charge in [-0.2, -0.15) is 0 Å². The van der Waals surface area contributed by atoms with Crippen molar-refractivity contribution in [2.75, 3.05) is 13.2 Å². The average molecular weight is 253 g/mol. The molecule has 1 N–H and O–H groups in total. The predicted molar refractivity (Wildman–Crippen MR) is 76.7 cm³/mol. The summed E-state index contributed by atoms with van der Waals surface area (Å²) in [6.45, 7) is 9.06. The van der Waals surface area contributed by atoms with Crippen molar-refractivity contribution in [1.29, 1.82) is 0 Å². The normalized spacial score (nSPS) is 35.7. The molecule has 0 aromatic carbocycles. The molecule has 2 heteroatoms. The summed E-state index contributed by atoms with van der Waals surface area (Å²) in [5, 5.41) is 3.88. The summed E-state index contributed by atoms with van der Waals surface area (Å²) in [6, 6.07) is 1.39. The Bertz CT molecular complexity index is 235. The molecular formula is C16H31NO. The zero-order valence-electron chi connectivity index (χ0n) is 12.5. The number of rotatable bonds is 4. The fraction of sp³-hybridized carbons (Fsp3) is 1.00. The van der Waals surface area contributed by atoms with Crippen molar-refractivity contribution in [3.8, 4) is 0 Å². The molecule has 18 heavy (non-hydrogen) atoms. The van der Waals surface area contributed by atoms with Gasteiger partial charge in [-0.05, 0) is 50.4 Å². The first kappa shape index (κ1) is 14.3. The molecule has 1 aliphatic heterocycles. The molecule has 1 aliphatic carbocycles. The maximum Gasteiger partial charge on any atom is 0.0509 e. The molecule has 1 heterocycles. The molecule has 0 spiro atoms. The zero-order chi connectivity index (χ0) is 13.0. The second-order valence-electron chi connectivity index (χ2n) is 6.79. The smallest absolute Gasteiger partial charge is 0.0509 e. The van der Waals surface area contributed by atoms with Crippen LogP contribution in [0.25, 0.3) is 0 Å². The molecule has 2 fully saturated rings. The van der Waals surface area contributed by atoms with Gasteiger partial charge >= 0.3 is 0 Å². The molecule has 4 atom stereocenters. The van der Waals surface area contributed by atoms with Gasteiger partial charge < -0.3 is 10.1 Å². The van der Waals surface area contributed by atoms with E-state index in [0.717, 1.165) is 37.0 Å². The first-order valence-corrected chi connectivity index (χ1v) is 8.00. The number of hydrogen-bond acceptors (Lipinski definition) is 2. The first-order valence-electron chi connectivity index (χ1n) is 8.00. The van der Waals surface area contributed by atoms with Crippen molar-refractivity contribution >= 4 is 0 Å². The molecule has 0 aromatic heterocycles. The summed E-state index contributed by atoms with van der Waals surface area (Å²) < 4.78 is 5.50. The molecule has 0 radical (unpaired) electrons. The Balaban J connectivity index is 1.75. The molecule has 0 aromatic rings. The molecule has 2 nitrogen and oxygen atoms in total. The molecule has 1 saturated carbocycles. The van der Waals surface area contributed by atoms with Gasteiger partial charge in [-0.1, -0.05) is 26.7 Å². The maximum absolute atomic E-state index is 5.50. The van der Waals surface area contributed by atoms with Crippen LogP contribution in [0.1, 0.15) is 59.3 Å². The van der Waals surface area contributed by atoms with Crippen LogP contribution in [0, 0.1) is 17.8 Å². The van der Waals surface area contributed by atoms with Crippen LogP contribution in [0.2, 0.25) is 0 Å². The third-order valence-corrected chi connectivity index (χ3v) is 5.13. The van der Waals surface area contributed by atoms with Crippen LogP contribution in [0.4, 0.5) is 0 Å². The van der Waals surface area contributed by atoms with Crippen LogP contribution < -0.4 is 5.32 Å². The Morgan fingerprint density at radius 2 is 1.78 bits per heavy atom. The van der Waals surface area contributed by atoms with Gasteiger partial charge in [0, 0.05) is 18.7 Å². The SMILES string of the molecule is CC(C)C1CCCC(NC(C)C2CCOC2)CC1. The van der Waals surface area contributed by atoms with Gasteiger partial charge in [0.15, 0.2) is 0 Å². The topological polar surface area (TPSA) is 21.3 Å². The van der Waals surface area contributed by atoms with Crippen molar-refractivity contribution in [2.45, 2.75) is 71.4 Å². The molecular weight excluding hydrogens is 222 g/mol. The number of nitrogens with one attached hydrogen (secondary N) is 1. The standard InChI is InChI=1S/C16H31NO/c1-12(2)14-5-4-6-16(8-7-14)17-13(3)15-9-10-18-11-15/h12-17H,4-11H2,1-3H3. The summed E-state index contributed by atoms with van der Waals surface area (Å²) in [4.78, 5) is 0. The highest BCUT2D eigenvalue weighted by molar-refractivity contribution is 4.82. The highest BCUT2D eigenvalue weighted by atomic mass is 16.5. The molecule has 106 valence electrons. The Morgan fingerprint density at radius 3 is 2.44 bits per heavy atom. The van der Waals surface area contributed by atoms with Crippen LogP contribution in [0.15, 0.2) is 0 Å². The lowest BCUT2D eigenvalue weighted by Gasteiger charge is -2.26. The molecule has 2 aliphatic rings. The van der Waals surface area contributed by atoms with E-state index in [4.69, 9.17) is 4.74 Å². The average Bonchev–Trinajstić information content (AvgIpc) is 2.77. The van der Waals surface area contributed by atoms with E-state index in [1.54, 1.807) is 0 Å². The van der Waals surface area contributed by atoms with E-state index < -0.39 is 0 Å². The van der Waals surface area contributed by atoms with Gasteiger partial charge in [0.05, 0.1) is 6.61 Å². The Kier molecular flexibility index (Phi) is 5.50. The summed E-state index contributed by atoms with van der Waals surface area (Å²) in [5.41, 5.74) is 0. The zero-order valence-corrected chi connectivity index (χ0v) is 12.5. The molecule has 4 unspecified atom stereocenters. The van der Waals surface area contributed by atoms with Crippen molar-refractivity contribution < 1.29 is 4.74 Å². The lowest BCUT2D eigenvalue weighted by atomic mass is 9.89. The minimum Gasteiger partial charge on any atom is -0.381 e. The Labute approximate surface area is 113 Å². The maximum atomic E-state index is 5.50. The van der Waals surface area contributed by atoms with Crippen molar-refractivity contribution in [1.82, 2.24) is 5.32 Å². The van der Waals surface area contributed by atoms with E-state index >= 15 is 0 Å². The van der Waals surface area contributed by atoms with Gasteiger partial charge in [0.25, 0.3) is 0 Å². The summed E-state index contributed by atoms with van der Waals surface area (Å²) in [6.07, 6.45) is 8.27. The lowest BCUT2D eigenvalue weighted by molar-refractivity contribution is 0.175. The first-order chi connectivity index (χ1) is 8.66. The largest absolute Gasteiger partial charge is 0.381 e. The fourth-order valence-corrected chi connectivity index (χ4v) is 3.62. The highest BCUT2D eigenvalue weighted by Crippen LogP contribution is 2.29. The minimum atomic E-state index is 0.632. The lowest BCUT2D eigenvalue weighted by Crippen LogP contribution is -2.41. The van der Waals surface area contributed by atoms with Crippen LogP contribution >= 0.6 is 0 Å². The van der Waals surface area contributed by atoms with Crippen molar-refractivity contribution in [3.05, 3.63) is 0 Å². The van der Waals surface area contributed by atoms with Crippen LogP contribution in [-0.2, 0) is 4.74 Å². The summed E-state index contributed by atoms with van der Waals surface area (Å²) in [7, 11) is 0. The Morgan fingerprint density at radius 1 is 0.944 bits per heavy atom. The van der Waals surface area contributed by atoms with E-state index in [-0.39, 0.29) is 0 Å². The quantitative estimate of drug-likeness (QED) is 0.773. The monoisotopic (exact) mass is 253 g/mol. The van der Waals surface area contributed by atoms with Gasteiger partial charge in [-0.15, -0.1) is 0 Å².